The Kier molecular flexibility index (Phi) is 6.49. The molecule has 0 saturated heterocycles. The van der Waals surface area contributed by atoms with Crippen LogP contribution in [0, 0.1) is 6.92 Å². The maximum atomic E-state index is 12.4. The minimum atomic E-state index is -0.207. The molecule has 0 saturated carbocycles. The molecule has 1 amide bonds. The highest BCUT2D eigenvalue weighted by Gasteiger charge is 2.14. The van der Waals surface area contributed by atoms with Crippen molar-refractivity contribution in [3.8, 4) is 16.5 Å². The van der Waals surface area contributed by atoms with Crippen molar-refractivity contribution in [2.24, 2.45) is 0 Å². The molecule has 1 aromatic carbocycles. The summed E-state index contributed by atoms with van der Waals surface area (Å²) in [4.78, 5) is 16.9. The topological polar surface area (TPSA) is 73.6 Å². The van der Waals surface area contributed by atoms with Crippen molar-refractivity contribution in [2.45, 2.75) is 13.3 Å². The van der Waals surface area contributed by atoms with Crippen molar-refractivity contribution in [3.63, 3.8) is 0 Å². The Labute approximate surface area is 166 Å². The second-order valence-corrected chi connectivity index (χ2v) is 7.00. The van der Waals surface area contributed by atoms with Gasteiger partial charge in [0.15, 0.2) is 16.5 Å². The number of hydrogen-bond donors (Lipinski definition) is 1. The lowest BCUT2D eigenvalue weighted by molar-refractivity contribution is -0.115. The maximum absolute atomic E-state index is 12.4. The number of carbonyl (C=O) groups excluding carboxylic acids is 1. The summed E-state index contributed by atoms with van der Waals surface area (Å²) in [6.45, 7) is 2.64. The third kappa shape index (κ3) is 5.09. The maximum Gasteiger partial charge on any atom is 0.230 e. The van der Waals surface area contributed by atoms with E-state index in [4.69, 9.17) is 25.5 Å². The smallest absolute Gasteiger partial charge is 0.230 e. The summed E-state index contributed by atoms with van der Waals surface area (Å²) in [5.41, 5.74) is 1.19. The molecule has 0 aliphatic rings. The first kappa shape index (κ1) is 19.4. The van der Waals surface area contributed by atoms with Crippen LogP contribution < -0.4 is 10.1 Å². The molecule has 1 N–H and O–H groups in total. The summed E-state index contributed by atoms with van der Waals surface area (Å²) in [5, 5.41) is 5.85. The Morgan fingerprint density at radius 2 is 2.15 bits per heavy atom. The van der Waals surface area contributed by atoms with Crippen molar-refractivity contribution < 1.29 is 18.7 Å². The van der Waals surface area contributed by atoms with E-state index in [2.05, 4.69) is 10.3 Å². The monoisotopic (exact) mass is 406 g/mol. The molecule has 8 heteroatoms. The van der Waals surface area contributed by atoms with Crippen LogP contribution in [0.15, 0.2) is 40.1 Å². The van der Waals surface area contributed by atoms with Crippen molar-refractivity contribution in [1.29, 1.82) is 0 Å². The number of ether oxygens (including phenoxy) is 2. The van der Waals surface area contributed by atoms with Gasteiger partial charge < -0.3 is 19.2 Å². The van der Waals surface area contributed by atoms with E-state index in [9.17, 15) is 4.79 Å². The average Bonchev–Trinajstić information content (AvgIpc) is 3.26. The Morgan fingerprint density at radius 1 is 1.30 bits per heavy atom. The number of furan rings is 1. The van der Waals surface area contributed by atoms with Gasteiger partial charge in [-0.15, -0.1) is 11.3 Å². The minimum absolute atomic E-state index is 0.139. The fourth-order valence-corrected chi connectivity index (χ4v) is 3.40. The number of halogens is 1. The first-order chi connectivity index (χ1) is 13.1. The highest BCUT2D eigenvalue weighted by atomic mass is 35.5. The first-order valence-corrected chi connectivity index (χ1v) is 9.54. The van der Waals surface area contributed by atoms with E-state index in [1.165, 1.54) is 11.3 Å². The van der Waals surface area contributed by atoms with Gasteiger partial charge >= 0.3 is 0 Å². The summed E-state index contributed by atoms with van der Waals surface area (Å²) < 4.78 is 16.2. The number of anilines is 1. The van der Waals surface area contributed by atoms with E-state index in [-0.39, 0.29) is 12.3 Å². The fraction of sp³-hybridized carbons (Fsp3) is 0.263. The average molecular weight is 407 g/mol. The van der Waals surface area contributed by atoms with E-state index in [1.807, 2.05) is 24.4 Å². The number of rotatable bonds is 8. The molecule has 6 nitrogen and oxygen atoms in total. The van der Waals surface area contributed by atoms with Crippen molar-refractivity contribution in [2.75, 3.05) is 25.6 Å². The zero-order valence-corrected chi connectivity index (χ0v) is 16.5. The van der Waals surface area contributed by atoms with Crippen LogP contribution in [0.4, 0.5) is 5.69 Å². The Morgan fingerprint density at radius 3 is 2.89 bits per heavy atom. The Bertz CT molecular complexity index is 922. The summed E-state index contributed by atoms with van der Waals surface area (Å²) in [6, 6.07) is 8.95. The van der Waals surface area contributed by atoms with Gasteiger partial charge in [-0.3, -0.25) is 4.79 Å². The fourth-order valence-electron chi connectivity index (χ4n) is 2.39. The van der Waals surface area contributed by atoms with Gasteiger partial charge in [0, 0.05) is 12.5 Å². The van der Waals surface area contributed by atoms with Gasteiger partial charge in [0.05, 0.1) is 29.4 Å². The van der Waals surface area contributed by atoms with Crippen molar-refractivity contribution >= 4 is 34.5 Å². The standard InChI is InChI=1S/C19H19ClN2O4S/c1-12-6-7-16(26-12)19-21-13(11-27-19)10-17(23)22-15-5-3-4-14(20)18(15)25-9-8-24-2/h3-7,11H,8-10H2,1-2H3,(H,22,23). The molecule has 0 fully saturated rings. The molecule has 142 valence electrons. The van der Waals surface area contributed by atoms with Crippen LogP contribution in [0.1, 0.15) is 11.5 Å². The van der Waals surface area contributed by atoms with E-state index in [0.717, 1.165) is 10.8 Å². The molecule has 27 heavy (non-hydrogen) atoms. The highest BCUT2D eigenvalue weighted by Crippen LogP contribution is 2.33. The predicted octanol–water partition coefficient (Wildman–Crippen LogP) is 4.57. The number of hydrogen-bond acceptors (Lipinski definition) is 6. The van der Waals surface area contributed by atoms with E-state index >= 15 is 0 Å². The lowest BCUT2D eigenvalue weighted by Crippen LogP contribution is -2.16. The molecule has 2 aromatic heterocycles. The minimum Gasteiger partial charge on any atom is -0.487 e. The SMILES string of the molecule is COCCOc1c(Cl)cccc1NC(=O)Cc1csc(-c2ccc(C)o2)n1. The van der Waals surface area contributed by atoms with Crippen LogP contribution in [0.25, 0.3) is 10.8 Å². The number of thiazole rings is 1. The van der Waals surface area contributed by atoms with Gasteiger partial charge in [0.2, 0.25) is 5.91 Å². The number of methoxy groups -OCH3 is 1. The van der Waals surface area contributed by atoms with Crippen LogP contribution in [0.5, 0.6) is 5.75 Å². The number of benzene rings is 1. The van der Waals surface area contributed by atoms with Gasteiger partial charge in [-0.05, 0) is 31.2 Å². The van der Waals surface area contributed by atoms with E-state index in [1.54, 1.807) is 25.3 Å². The molecule has 0 atom stereocenters. The van der Waals surface area contributed by atoms with Crippen LogP contribution >= 0.6 is 22.9 Å². The van der Waals surface area contributed by atoms with Crippen LogP contribution in [-0.2, 0) is 16.0 Å². The number of para-hydroxylation sites is 1. The predicted molar refractivity (Wildman–Crippen MR) is 106 cm³/mol. The molecule has 0 spiro atoms. The van der Waals surface area contributed by atoms with Crippen LogP contribution in [0.2, 0.25) is 5.02 Å². The number of nitrogens with one attached hydrogen (secondary N) is 1. The quantitative estimate of drug-likeness (QED) is 0.554. The van der Waals surface area contributed by atoms with Gasteiger partial charge in [0.25, 0.3) is 0 Å². The van der Waals surface area contributed by atoms with E-state index in [0.29, 0.717) is 41.1 Å². The molecule has 0 bridgehead atoms. The van der Waals surface area contributed by atoms with Crippen LogP contribution in [-0.4, -0.2) is 31.2 Å². The number of aromatic nitrogens is 1. The molecule has 2 heterocycles. The molecule has 3 rings (SSSR count). The summed E-state index contributed by atoms with van der Waals surface area (Å²) >= 11 is 7.63. The van der Waals surface area contributed by atoms with Crippen molar-refractivity contribution in [3.05, 3.63) is 52.2 Å². The highest BCUT2D eigenvalue weighted by molar-refractivity contribution is 7.13. The number of amides is 1. The third-order valence-corrected chi connectivity index (χ3v) is 4.82. The second kappa shape index (κ2) is 9.03. The van der Waals surface area contributed by atoms with Gasteiger partial charge in [-0.1, -0.05) is 17.7 Å². The Balaban J connectivity index is 1.66. The summed E-state index contributed by atoms with van der Waals surface area (Å²) in [5.74, 6) is 1.74. The summed E-state index contributed by atoms with van der Waals surface area (Å²) in [6.07, 6.45) is 0.139. The zero-order valence-electron chi connectivity index (χ0n) is 15.0. The molecule has 0 aliphatic carbocycles. The normalized spacial score (nSPS) is 10.8. The van der Waals surface area contributed by atoms with Crippen molar-refractivity contribution in [1.82, 2.24) is 4.98 Å². The second-order valence-electron chi connectivity index (χ2n) is 5.74. The van der Waals surface area contributed by atoms with E-state index < -0.39 is 0 Å². The third-order valence-electron chi connectivity index (χ3n) is 3.62. The molecule has 3 aromatic rings. The number of nitrogens with zero attached hydrogens (tertiary/aromatic N) is 1. The molecular formula is C19H19ClN2O4S. The molecule has 0 unspecified atom stereocenters. The Hall–Kier alpha value is -2.35. The summed E-state index contributed by atoms with van der Waals surface area (Å²) in [7, 11) is 1.59. The lowest BCUT2D eigenvalue weighted by atomic mass is 10.2. The van der Waals surface area contributed by atoms with Gasteiger partial charge in [-0.25, -0.2) is 4.98 Å². The number of aryl methyl sites for hydroxylation is 1. The first-order valence-electron chi connectivity index (χ1n) is 8.28. The zero-order chi connectivity index (χ0) is 19.2. The van der Waals surface area contributed by atoms with Crippen LogP contribution in [0.3, 0.4) is 0 Å². The largest absolute Gasteiger partial charge is 0.487 e. The lowest BCUT2D eigenvalue weighted by Gasteiger charge is -2.13. The van der Waals surface area contributed by atoms with Gasteiger partial charge in [-0.2, -0.15) is 0 Å². The molecular weight excluding hydrogens is 388 g/mol. The number of carbonyl (C=O) groups is 1. The molecule has 0 radical (unpaired) electrons. The molecule has 0 aliphatic heterocycles. The van der Waals surface area contributed by atoms with Gasteiger partial charge in [0.1, 0.15) is 12.4 Å².